The molecule has 0 radical (unpaired) electrons. The number of allylic oxidation sites excluding steroid dienone is 1. The summed E-state index contributed by atoms with van der Waals surface area (Å²) in [5.41, 5.74) is 4.17. The van der Waals surface area contributed by atoms with Crippen molar-refractivity contribution in [3.8, 4) is 0 Å². The standard InChI is InChI=1S/C21H18O4/c1-2-14-4-3-5-16-11-18(20(23)12-17(14)16)19(22)10-13-6-8-15(9-7-13)21(24)25/h3-9,11H,2,10,12H2,1H3,(H,24,25). The zero-order chi connectivity index (χ0) is 18.0. The van der Waals surface area contributed by atoms with Crippen molar-refractivity contribution in [2.45, 2.75) is 26.2 Å². The fourth-order valence-corrected chi connectivity index (χ4v) is 3.11. The van der Waals surface area contributed by atoms with E-state index < -0.39 is 5.97 Å². The van der Waals surface area contributed by atoms with E-state index in [0.29, 0.717) is 5.56 Å². The first kappa shape index (κ1) is 16.8. The summed E-state index contributed by atoms with van der Waals surface area (Å²) >= 11 is 0. The first-order valence-corrected chi connectivity index (χ1v) is 8.20. The van der Waals surface area contributed by atoms with Crippen LogP contribution in [0.1, 0.15) is 39.5 Å². The maximum atomic E-state index is 12.6. The second kappa shape index (κ2) is 6.85. The van der Waals surface area contributed by atoms with Gasteiger partial charge in [-0.05, 0) is 46.9 Å². The third-order valence-electron chi connectivity index (χ3n) is 4.49. The van der Waals surface area contributed by atoms with Crippen LogP contribution >= 0.6 is 0 Å². The van der Waals surface area contributed by atoms with Gasteiger partial charge in [0.15, 0.2) is 11.6 Å². The molecule has 3 rings (SSSR count). The molecule has 0 spiro atoms. The molecule has 2 aromatic carbocycles. The van der Waals surface area contributed by atoms with Crippen molar-refractivity contribution in [3.63, 3.8) is 0 Å². The predicted molar refractivity (Wildman–Crippen MR) is 94.6 cm³/mol. The summed E-state index contributed by atoms with van der Waals surface area (Å²) in [5.74, 6) is -1.40. The zero-order valence-electron chi connectivity index (χ0n) is 13.9. The third-order valence-corrected chi connectivity index (χ3v) is 4.49. The lowest BCUT2D eigenvalue weighted by molar-refractivity contribution is -0.120. The second-order valence-corrected chi connectivity index (χ2v) is 6.10. The van der Waals surface area contributed by atoms with E-state index in [1.165, 1.54) is 12.1 Å². The molecular weight excluding hydrogens is 316 g/mol. The largest absolute Gasteiger partial charge is 0.478 e. The van der Waals surface area contributed by atoms with Crippen LogP contribution < -0.4 is 0 Å². The number of ketones is 2. The van der Waals surface area contributed by atoms with Crippen molar-refractivity contribution in [3.05, 3.63) is 75.9 Å². The number of aryl methyl sites for hydroxylation is 1. The second-order valence-electron chi connectivity index (χ2n) is 6.10. The fourth-order valence-electron chi connectivity index (χ4n) is 3.11. The zero-order valence-corrected chi connectivity index (χ0v) is 13.9. The van der Waals surface area contributed by atoms with Crippen molar-refractivity contribution < 1.29 is 19.5 Å². The molecule has 0 heterocycles. The number of hydrogen-bond donors (Lipinski definition) is 1. The molecule has 0 amide bonds. The van der Waals surface area contributed by atoms with Crippen LogP contribution in [-0.2, 0) is 28.9 Å². The Morgan fingerprint density at radius 1 is 1.08 bits per heavy atom. The van der Waals surface area contributed by atoms with Crippen LogP contribution in [0.25, 0.3) is 6.08 Å². The Morgan fingerprint density at radius 2 is 1.80 bits per heavy atom. The van der Waals surface area contributed by atoms with E-state index in [0.717, 1.165) is 23.1 Å². The number of rotatable bonds is 5. The molecule has 4 heteroatoms. The van der Waals surface area contributed by atoms with Crippen molar-refractivity contribution in [1.29, 1.82) is 0 Å². The summed E-state index contributed by atoms with van der Waals surface area (Å²) in [4.78, 5) is 35.9. The molecule has 1 N–H and O–H groups in total. The van der Waals surface area contributed by atoms with E-state index in [-0.39, 0.29) is 35.5 Å². The Balaban J connectivity index is 1.85. The van der Waals surface area contributed by atoms with E-state index in [9.17, 15) is 14.4 Å². The average Bonchev–Trinajstić information content (AvgIpc) is 2.61. The van der Waals surface area contributed by atoms with Crippen molar-refractivity contribution >= 4 is 23.6 Å². The van der Waals surface area contributed by atoms with Crippen LogP contribution in [0.4, 0.5) is 0 Å². The molecule has 0 atom stereocenters. The smallest absolute Gasteiger partial charge is 0.335 e. The minimum absolute atomic E-state index is 0.0836. The molecule has 0 bridgehead atoms. The highest BCUT2D eigenvalue weighted by Crippen LogP contribution is 2.26. The van der Waals surface area contributed by atoms with Gasteiger partial charge in [0, 0.05) is 12.8 Å². The molecule has 0 saturated heterocycles. The predicted octanol–water partition coefficient (Wildman–Crippen LogP) is 3.27. The van der Waals surface area contributed by atoms with Gasteiger partial charge in [-0.25, -0.2) is 4.79 Å². The summed E-state index contributed by atoms with van der Waals surface area (Å²) in [5, 5.41) is 8.91. The lowest BCUT2D eigenvalue weighted by atomic mass is 9.85. The van der Waals surface area contributed by atoms with Gasteiger partial charge in [0.2, 0.25) is 0 Å². The molecule has 0 aromatic heterocycles. The monoisotopic (exact) mass is 334 g/mol. The lowest BCUT2D eigenvalue weighted by Gasteiger charge is -2.18. The first-order chi connectivity index (χ1) is 12.0. The van der Waals surface area contributed by atoms with Crippen molar-refractivity contribution in [2.24, 2.45) is 0 Å². The summed E-state index contributed by atoms with van der Waals surface area (Å²) < 4.78 is 0. The Kier molecular flexibility index (Phi) is 4.61. The van der Waals surface area contributed by atoms with Gasteiger partial charge < -0.3 is 5.11 Å². The van der Waals surface area contributed by atoms with Gasteiger partial charge in [0.1, 0.15) is 0 Å². The Labute approximate surface area is 145 Å². The van der Waals surface area contributed by atoms with Crippen LogP contribution in [0.5, 0.6) is 0 Å². The number of Topliss-reactive ketones (excluding diaryl/α,β-unsaturated/α-hetero) is 2. The number of carboxylic acid groups (broad SMARTS) is 1. The Hall–Kier alpha value is -3.01. The lowest BCUT2D eigenvalue weighted by Crippen LogP contribution is -2.21. The number of carbonyl (C=O) groups is 3. The maximum absolute atomic E-state index is 12.6. The summed E-state index contributed by atoms with van der Waals surface area (Å²) in [6, 6.07) is 12.0. The van der Waals surface area contributed by atoms with Gasteiger partial charge in [-0.15, -0.1) is 0 Å². The highest BCUT2D eigenvalue weighted by molar-refractivity contribution is 6.25. The summed E-state index contributed by atoms with van der Waals surface area (Å²) in [7, 11) is 0. The first-order valence-electron chi connectivity index (χ1n) is 8.20. The van der Waals surface area contributed by atoms with E-state index in [2.05, 4.69) is 0 Å². The topological polar surface area (TPSA) is 71.4 Å². The van der Waals surface area contributed by atoms with Gasteiger partial charge >= 0.3 is 5.97 Å². The van der Waals surface area contributed by atoms with E-state index >= 15 is 0 Å². The van der Waals surface area contributed by atoms with Gasteiger partial charge in [-0.3, -0.25) is 9.59 Å². The molecule has 2 aromatic rings. The molecule has 4 nitrogen and oxygen atoms in total. The molecule has 0 fully saturated rings. The molecule has 0 aliphatic heterocycles. The van der Waals surface area contributed by atoms with Crippen LogP contribution in [0.3, 0.4) is 0 Å². The van der Waals surface area contributed by atoms with Gasteiger partial charge in [-0.2, -0.15) is 0 Å². The molecule has 25 heavy (non-hydrogen) atoms. The number of fused-ring (bicyclic) bond motifs is 1. The number of benzene rings is 2. The van der Waals surface area contributed by atoms with Gasteiger partial charge in [-0.1, -0.05) is 37.3 Å². The van der Waals surface area contributed by atoms with Crippen molar-refractivity contribution in [2.75, 3.05) is 0 Å². The van der Waals surface area contributed by atoms with Crippen LogP contribution in [0.15, 0.2) is 48.0 Å². The minimum atomic E-state index is -1.01. The van der Waals surface area contributed by atoms with Crippen LogP contribution in [0, 0.1) is 0 Å². The minimum Gasteiger partial charge on any atom is -0.478 e. The third kappa shape index (κ3) is 3.43. The molecule has 1 aliphatic rings. The molecule has 126 valence electrons. The summed E-state index contributed by atoms with van der Waals surface area (Å²) in [6.45, 7) is 2.05. The highest BCUT2D eigenvalue weighted by Gasteiger charge is 2.25. The Morgan fingerprint density at radius 3 is 2.44 bits per heavy atom. The normalized spacial score (nSPS) is 13.2. The quantitative estimate of drug-likeness (QED) is 0.852. The van der Waals surface area contributed by atoms with E-state index in [1.807, 2.05) is 25.1 Å². The Bertz CT molecular complexity index is 889. The number of carboxylic acids is 1. The number of carbonyl (C=O) groups excluding carboxylic acids is 2. The van der Waals surface area contributed by atoms with Gasteiger partial charge in [0.05, 0.1) is 11.1 Å². The molecule has 0 saturated carbocycles. The van der Waals surface area contributed by atoms with Crippen LogP contribution in [0.2, 0.25) is 0 Å². The average molecular weight is 334 g/mol. The SMILES string of the molecule is CCc1cccc2c1CC(=O)C(C(=O)Cc1ccc(C(=O)O)cc1)=C2. The number of aromatic carboxylic acids is 1. The summed E-state index contributed by atoms with van der Waals surface area (Å²) in [6.07, 6.45) is 2.88. The molecular formula is C21H18O4. The fraction of sp³-hybridized carbons (Fsp3) is 0.190. The van der Waals surface area contributed by atoms with E-state index in [4.69, 9.17) is 5.11 Å². The van der Waals surface area contributed by atoms with E-state index in [1.54, 1.807) is 18.2 Å². The maximum Gasteiger partial charge on any atom is 0.335 e. The van der Waals surface area contributed by atoms with Gasteiger partial charge in [0.25, 0.3) is 0 Å². The van der Waals surface area contributed by atoms with Crippen LogP contribution in [-0.4, -0.2) is 22.6 Å². The number of hydrogen-bond acceptors (Lipinski definition) is 3. The highest BCUT2D eigenvalue weighted by atomic mass is 16.4. The molecule has 1 aliphatic carbocycles. The molecule has 0 unspecified atom stereocenters. The van der Waals surface area contributed by atoms with Crippen molar-refractivity contribution in [1.82, 2.24) is 0 Å².